The first-order valence-corrected chi connectivity index (χ1v) is 16.6. The van der Waals surface area contributed by atoms with Crippen LogP contribution in [0.2, 0.25) is 0 Å². The lowest BCUT2D eigenvalue weighted by atomic mass is 9.99. The molecule has 0 aliphatic rings. The van der Waals surface area contributed by atoms with Crippen molar-refractivity contribution < 1.29 is 0 Å². The second-order valence-electron chi connectivity index (χ2n) is 13.0. The number of anilines is 1. The van der Waals surface area contributed by atoms with Crippen LogP contribution < -0.4 is 5.32 Å². The van der Waals surface area contributed by atoms with Gasteiger partial charge in [-0.2, -0.15) is 0 Å². The minimum atomic E-state index is -0.0306. The average Bonchev–Trinajstić information content (AvgIpc) is 3.43. The van der Waals surface area contributed by atoms with Crippen molar-refractivity contribution in [3.63, 3.8) is 0 Å². The molecule has 0 radical (unpaired) electrons. The van der Waals surface area contributed by atoms with Crippen LogP contribution in [0.5, 0.6) is 0 Å². The van der Waals surface area contributed by atoms with Crippen LogP contribution in [-0.2, 0) is 5.54 Å². The molecule has 6 rings (SSSR count). The summed E-state index contributed by atoms with van der Waals surface area (Å²) in [6.45, 7) is 11.1. The third-order valence-electron chi connectivity index (χ3n) is 8.60. The van der Waals surface area contributed by atoms with E-state index >= 15 is 0 Å². The van der Waals surface area contributed by atoms with E-state index in [1.165, 1.54) is 55.2 Å². The topological polar surface area (TPSA) is 17.0 Å². The molecule has 47 heavy (non-hydrogen) atoms. The zero-order valence-electron chi connectivity index (χ0n) is 28.2. The van der Waals surface area contributed by atoms with Gasteiger partial charge in [0.05, 0.1) is 0 Å². The van der Waals surface area contributed by atoms with Crippen LogP contribution in [0.25, 0.3) is 44.1 Å². The molecular formula is C45H44N2. The van der Waals surface area contributed by atoms with Crippen molar-refractivity contribution in [2.45, 2.75) is 46.6 Å². The molecule has 0 amide bonds. The summed E-state index contributed by atoms with van der Waals surface area (Å²) < 4.78 is 2.47. The number of aromatic nitrogens is 1. The summed E-state index contributed by atoms with van der Waals surface area (Å²) in [7, 11) is 0. The molecule has 6 aromatic rings. The Kier molecular flexibility index (Phi) is 9.40. The Hall–Kier alpha value is -5.34. The van der Waals surface area contributed by atoms with Crippen LogP contribution in [-0.4, -0.2) is 4.57 Å². The zero-order valence-corrected chi connectivity index (χ0v) is 28.2. The Labute approximate surface area is 280 Å². The average molecular weight is 613 g/mol. The molecule has 2 heteroatoms. The minimum absolute atomic E-state index is 0.0306. The largest absolute Gasteiger partial charge is 0.358 e. The maximum atomic E-state index is 3.81. The summed E-state index contributed by atoms with van der Waals surface area (Å²) in [5, 5.41) is 6.38. The fraction of sp³-hybridized carbons (Fsp3) is 0.156. The second-order valence-corrected chi connectivity index (χ2v) is 13.0. The van der Waals surface area contributed by atoms with Gasteiger partial charge in [0, 0.05) is 49.9 Å². The van der Waals surface area contributed by atoms with Crippen LogP contribution in [0.15, 0.2) is 163 Å². The lowest BCUT2D eigenvalue weighted by Crippen LogP contribution is -2.21. The van der Waals surface area contributed by atoms with E-state index in [4.69, 9.17) is 0 Å². The maximum absolute atomic E-state index is 3.81. The van der Waals surface area contributed by atoms with Crippen LogP contribution >= 0.6 is 0 Å². The molecule has 0 atom stereocenters. The van der Waals surface area contributed by atoms with Crippen molar-refractivity contribution in [3.05, 3.63) is 175 Å². The van der Waals surface area contributed by atoms with E-state index in [1.54, 1.807) is 0 Å². The molecule has 2 nitrogen and oxygen atoms in total. The minimum Gasteiger partial charge on any atom is -0.358 e. The van der Waals surface area contributed by atoms with Crippen LogP contribution in [0, 0.1) is 0 Å². The Balaban J connectivity index is 1.37. The number of rotatable bonds is 9. The van der Waals surface area contributed by atoms with E-state index in [-0.39, 0.29) is 5.54 Å². The monoisotopic (exact) mass is 612 g/mol. The number of fused-ring (bicyclic) bond motifs is 3. The first-order chi connectivity index (χ1) is 22.8. The summed E-state index contributed by atoms with van der Waals surface area (Å²) in [5.41, 5.74) is 11.9. The molecular weight excluding hydrogens is 569 g/mol. The first kappa shape index (κ1) is 31.6. The summed E-state index contributed by atoms with van der Waals surface area (Å²) in [4.78, 5) is 0. The summed E-state index contributed by atoms with van der Waals surface area (Å²) in [6, 6.07) is 45.5. The number of nitrogens with zero attached hydrogens (tertiary/aromatic N) is 1. The van der Waals surface area contributed by atoms with Gasteiger partial charge in [0.2, 0.25) is 0 Å². The number of hydrogen-bond donors (Lipinski definition) is 1. The van der Waals surface area contributed by atoms with Gasteiger partial charge in [-0.05, 0) is 87.6 Å². The molecule has 1 N–H and O–H groups in total. The van der Waals surface area contributed by atoms with Gasteiger partial charge in [0.1, 0.15) is 0 Å². The van der Waals surface area contributed by atoms with Crippen molar-refractivity contribution in [1.29, 1.82) is 0 Å². The highest BCUT2D eigenvalue weighted by Crippen LogP contribution is 2.38. The van der Waals surface area contributed by atoms with E-state index in [0.717, 1.165) is 17.8 Å². The molecule has 5 aromatic carbocycles. The zero-order chi connectivity index (χ0) is 32.8. The second kappa shape index (κ2) is 14.0. The van der Waals surface area contributed by atoms with Gasteiger partial charge in [0.25, 0.3) is 0 Å². The van der Waals surface area contributed by atoms with E-state index in [2.05, 4.69) is 202 Å². The fourth-order valence-electron chi connectivity index (χ4n) is 6.50. The van der Waals surface area contributed by atoms with Gasteiger partial charge in [-0.1, -0.05) is 134 Å². The lowest BCUT2D eigenvalue weighted by Gasteiger charge is -2.24. The van der Waals surface area contributed by atoms with Gasteiger partial charge in [-0.25, -0.2) is 0 Å². The number of hydrogen-bond acceptors (Lipinski definition) is 1. The van der Waals surface area contributed by atoms with Gasteiger partial charge < -0.3 is 9.88 Å². The normalized spacial score (nSPS) is 13.2. The summed E-state index contributed by atoms with van der Waals surface area (Å²) >= 11 is 0. The first-order valence-electron chi connectivity index (χ1n) is 16.6. The molecule has 1 aromatic heterocycles. The Bertz CT molecular complexity index is 2110. The van der Waals surface area contributed by atoms with Gasteiger partial charge in [0.15, 0.2) is 0 Å². The summed E-state index contributed by atoms with van der Waals surface area (Å²) in [5.74, 6) is 0. The SMILES string of the molecule is C/C=C\C(=C/C/C=C\C(=C(/C)Nc1ccccc1-c1ccc2c(c1)c1ccccc1n2C(C)(C)C)c1ccccc1)c1ccccc1. The number of benzene rings is 5. The fourth-order valence-corrected chi connectivity index (χ4v) is 6.50. The number of para-hydroxylation sites is 2. The quantitative estimate of drug-likeness (QED) is 0.161. The predicted molar refractivity (Wildman–Crippen MR) is 206 cm³/mol. The number of allylic oxidation sites excluding steroid dienone is 8. The van der Waals surface area contributed by atoms with Crippen LogP contribution in [0.1, 0.15) is 52.2 Å². The maximum Gasteiger partial charge on any atom is 0.0496 e. The van der Waals surface area contributed by atoms with E-state index in [0.29, 0.717) is 0 Å². The molecule has 234 valence electrons. The standard InChI is InChI=1S/C45H44N2/c1-6-19-34(35-20-9-7-10-21-35)22-13-14-25-38(36-23-11-8-12-24-36)33(2)46-42-28-17-15-26-39(42)37-30-31-44-41(32-37)40-27-16-18-29-43(40)47(44)45(3,4)5/h6-12,14-32,46H,13H2,1-5H3/b19-6-,25-14-,34-22+,38-33-. The van der Waals surface area contributed by atoms with Gasteiger partial charge >= 0.3 is 0 Å². The molecule has 0 fully saturated rings. The van der Waals surface area contributed by atoms with E-state index in [1.807, 2.05) is 0 Å². The van der Waals surface area contributed by atoms with Crippen molar-refractivity contribution in [3.8, 4) is 11.1 Å². The van der Waals surface area contributed by atoms with Gasteiger partial charge in [-0.15, -0.1) is 0 Å². The van der Waals surface area contributed by atoms with Crippen molar-refractivity contribution in [2.75, 3.05) is 5.32 Å². The van der Waals surface area contributed by atoms with Crippen molar-refractivity contribution in [2.24, 2.45) is 0 Å². The molecule has 0 saturated heterocycles. The van der Waals surface area contributed by atoms with Crippen molar-refractivity contribution >= 4 is 38.6 Å². The highest BCUT2D eigenvalue weighted by Gasteiger charge is 2.21. The lowest BCUT2D eigenvalue weighted by molar-refractivity contribution is 0.423. The Morgan fingerprint density at radius 1 is 0.681 bits per heavy atom. The van der Waals surface area contributed by atoms with E-state index < -0.39 is 0 Å². The molecule has 0 unspecified atom stereocenters. The van der Waals surface area contributed by atoms with Crippen LogP contribution in [0.4, 0.5) is 5.69 Å². The molecule has 1 heterocycles. The third-order valence-corrected chi connectivity index (χ3v) is 8.60. The van der Waals surface area contributed by atoms with Crippen molar-refractivity contribution in [1.82, 2.24) is 4.57 Å². The highest BCUT2D eigenvalue weighted by atomic mass is 15.0. The Morgan fingerprint density at radius 2 is 1.32 bits per heavy atom. The predicted octanol–water partition coefficient (Wildman–Crippen LogP) is 12.7. The van der Waals surface area contributed by atoms with Gasteiger partial charge in [-0.3, -0.25) is 0 Å². The molecule has 0 spiro atoms. The Morgan fingerprint density at radius 3 is 2.04 bits per heavy atom. The molecule has 0 aliphatic heterocycles. The van der Waals surface area contributed by atoms with E-state index in [9.17, 15) is 0 Å². The molecule has 0 saturated carbocycles. The number of nitrogens with one attached hydrogen (secondary N) is 1. The molecule has 0 aliphatic carbocycles. The highest BCUT2D eigenvalue weighted by molar-refractivity contribution is 6.10. The molecule has 0 bridgehead atoms. The van der Waals surface area contributed by atoms with Crippen LogP contribution in [0.3, 0.4) is 0 Å². The summed E-state index contributed by atoms with van der Waals surface area (Å²) in [6.07, 6.45) is 11.9. The smallest absolute Gasteiger partial charge is 0.0496 e. The third kappa shape index (κ3) is 6.93.